The Bertz CT molecular complexity index is 679. The number of carbonyl (C=O) groups is 1. The number of hydrogen-bond donors (Lipinski definition) is 1. The number of aryl methyl sites for hydroxylation is 1. The number of carbonyl (C=O) groups excluding carboxylic acids is 1. The Balaban J connectivity index is 0.00000243. The second-order valence-electron chi connectivity index (χ2n) is 6.30. The minimum absolute atomic E-state index is 0. The molecule has 1 amide bonds. The molecular weight excluding hydrogens is 354 g/mol. The summed E-state index contributed by atoms with van der Waals surface area (Å²) < 4.78 is 5.04. The second kappa shape index (κ2) is 10.3. The molecule has 1 fully saturated rings. The summed E-state index contributed by atoms with van der Waals surface area (Å²) in [5.74, 6) is 1.35. The van der Waals surface area contributed by atoms with Gasteiger partial charge in [-0.3, -0.25) is 9.69 Å². The van der Waals surface area contributed by atoms with Crippen LogP contribution in [-0.2, 0) is 24.3 Å². The van der Waals surface area contributed by atoms with Crippen LogP contribution in [0.1, 0.15) is 30.1 Å². The fourth-order valence-corrected chi connectivity index (χ4v) is 3.07. The first-order valence-electron chi connectivity index (χ1n) is 8.80. The fourth-order valence-electron chi connectivity index (χ4n) is 3.07. The molecule has 0 spiro atoms. The van der Waals surface area contributed by atoms with Gasteiger partial charge in [-0.1, -0.05) is 35.5 Å². The average molecular weight is 380 g/mol. The minimum atomic E-state index is 0. The molecular formula is C18H26ClN5O2. The third-order valence-corrected chi connectivity index (χ3v) is 4.46. The molecule has 8 heteroatoms. The molecule has 0 bridgehead atoms. The van der Waals surface area contributed by atoms with Gasteiger partial charge >= 0.3 is 0 Å². The van der Waals surface area contributed by atoms with Gasteiger partial charge in [0.1, 0.15) is 0 Å². The lowest BCUT2D eigenvalue weighted by molar-refractivity contribution is -0.131. The number of amides is 1. The van der Waals surface area contributed by atoms with E-state index in [0.717, 1.165) is 39.0 Å². The van der Waals surface area contributed by atoms with E-state index in [1.54, 1.807) is 0 Å². The molecule has 7 nitrogen and oxygen atoms in total. The van der Waals surface area contributed by atoms with Gasteiger partial charge in [0.2, 0.25) is 11.8 Å². The van der Waals surface area contributed by atoms with Gasteiger partial charge in [-0.2, -0.15) is 4.98 Å². The van der Waals surface area contributed by atoms with Crippen molar-refractivity contribution in [1.29, 1.82) is 0 Å². The van der Waals surface area contributed by atoms with Crippen LogP contribution in [0, 0.1) is 0 Å². The summed E-state index contributed by atoms with van der Waals surface area (Å²) in [5.41, 5.74) is 6.70. The molecule has 2 N–H and O–H groups in total. The van der Waals surface area contributed by atoms with Gasteiger partial charge in [-0.25, -0.2) is 0 Å². The molecule has 0 radical (unpaired) electrons. The second-order valence-corrected chi connectivity index (χ2v) is 6.30. The maximum Gasteiger partial charge on any atom is 0.240 e. The third kappa shape index (κ3) is 5.79. The number of aromatic nitrogens is 2. The van der Waals surface area contributed by atoms with Gasteiger partial charge in [0.05, 0.1) is 13.1 Å². The smallest absolute Gasteiger partial charge is 0.240 e. The molecule has 1 aliphatic rings. The van der Waals surface area contributed by atoms with Crippen LogP contribution in [0.3, 0.4) is 0 Å². The number of benzene rings is 1. The number of rotatable bonds is 6. The first-order chi connectivity index (χ1) is 12.2. The highest BCUT2D eigenvalue weighted by Crippen LogP contribution is 2.10. The maximum absolute atomic E-state index is 12.5. The molecule has 2 aromatic rings. The van der Waals surface area contributed by atoms with Gasteiger partial charge in [0.25, 0.3) is 0 Å². The van der Waals surface area contributed by atoms with E-state index in [4.69, 9.17) is 10.3 Å². The van der Waals surface area contributed by atoms with Crippen LogP contribution in [-0.4, -0.2) is 52.0 Å². The standard InChI is InChI=1S/C18H25N5O2.ClH/c19-13-17-20-16(21-25-17)14-22-9-4-10-23(12-11-22)18(24)8-7-15-5-2-1-3-6-15;/h1-3,5-6H,4,7-14,19H2;1H. The number of nitrogens with two attached hydrogens (primary N) is 1. The molecule has 142 valence electrons. The molecule has 3 rings (SSSR count). The monoisotopic (exact) mass is 379 g/mol. The van der Waals surface area contributed by atoms with E-state index < -0.39 is 0 Å². The van der Waals surface area contributed by atoms with Gasteiger partial charge < -0.3 is 15.2 Å². The Kier molecular flexibility index (Phi) is 8.03. The zero-order valence-corrected chi connectivity index (χ0v) is 15.7. The Labute approximate surface area is 159 Å². The van der Waals surface area contributed by atoms with Crippen LogP contribution in [0.25, 0.3) is 0 Å². The number of hydrogen-bond acceptors (Lipinski definition) is 6. The highest BCUT2D eigenvalue weighted by Gasteiger charge is 2.20. The molecule has 1 aromatic carbocycles. The summed E-state index contributed by atoms with van der Waals surface area (Å²) in [5, 5.41) is 3.94. The van der Waals surface area contributed by atoms with Crippen LogP contribution in [0.4, 0.5) is 0 Å². The van der Waals surface area contributed by atoms with Gasteiger partial charge in [0.15, 0.2) is 5.82 Å². The molecule has 0 saturated carbocycles. The third-order valence-electron chi connectivity index (χ3n) is 4.46. The summed E-state index contributed by atoms with van der Waals surface area (Å²) in [4.78, 5) is 21.0. The first-order valence-corrected chi connectivity index (χ1v) is 8.80. The summed E-state index contributed by atoms with van der Waals surface area (Å²) in [6, 6.07) is 10.2. The quantitative estimate of drug-likeness (QED) is 0.820. The fraction of sp³-hybridized carbons (Fsp3) is 0.500. The van der Waals surface area contributed by atoms with Gasteiger partial charge in [0, 0.05) is 32.6 Å². The van der Waals surface area contributed by atoms with Crippen LogP contribution < -0.4 is 5.73 Å². The SMILES string of the molecule is Cl.NCc1nc(CN2CCCN(C(=O)CCc3ccccc3)CC2)no1. The van der Waals surface area contributed by atoms with E-state index in [-0.39, 0.29) is 24.9 Å². The molecule has 2 heterocycles. The Morgan fingerprint density at radius 2 is 1.96 bits per heavy atom. The number of nitrogens with zero attached hydrogens (tertiary/aromatic N) is 4. The van der Waals surface area contributed by atoms with Crippen molar-refractivity contribution < 1.29 is 9.32 Å². The molecule has 0 aliphatic carbocycles. The molecule has 0 unspecified atom stereocenters. The largest absolute Gasteiger partial charge is 0.341 e. The van der Waals surface area contributed by atoms with Crippen molar-refractivity contribution in [1.82, 2.24) is 19.9 Å². The molecule has 1 aromatic heterocycles. The van der Waals surface area contributed by atoms with Crippen molar-refractivity contribution in [3.63, 3.8) is 0 Å². The lowest BCUT2D eigenvalue weighted by atomic mass is 10.1. The Morgan fingerprint density at radius 3 is 2.69 bits per heavy atom. The summed E-state index contributed by atoms with van der Waals surface area (Å²) >= 11 is 0. The van der Waals surface area contributed by atoms with Crippen molar-refractivity contribution >= 4 is 18.3 Å². The average Bonchev–Trinajstić information content (AvgIpc) is 2.97. The van der Waals surface area contributed by atoms with E-state index in [1.165, 1.54) is 5.56 Å². The van der Waals surface area contributed by atoms with Crippen LogP contribution >= 0.6 is 12.4 Å². The van der Waals surface area contributed by atoms with Crippen molar-refractivity contribution in [3.8, 4) is 0 Å². The Hall–Kier alpha value is -1.96. The molecule has 26 heavy (non-hydrogen) atoms. The highest BCUT2D eigenvalue weighted by atomic mass is 35.5. The minimum Gasteiger partial charge on any atom is -0.341 e. The zero-order valence-electron chi connectivity index (χ0n) is 14.8. The van der Waals surface area contributed by atoms with Gasteiger partial charge in [-0.15, -0.1) is 12.4 Å². The lowest BCUT2D eigenvalue weighted by Crippen LogP contribution is -2.35. The van der Waals surface area contributed by atoms with Crippen molar-refractivity contribution in [2.75, 3.05) is 26.2 Å². The van der Waals surface area contributed by atoms with E-state index in [2.05, 4.69) is 27.2 Å². The van der Waals surface area contributed by atoms with E-state index in [0.29, 0.717) is 24.7 Å². The predicted molar refractivity (Wildman–Crippen MR) is 101 cm³/mol. The predicted octanol–water partition coefficient (Wildman–Crippen LogP) is 1.62. The van der Waals surface area contributed by atoms with Crippen LogP contribution in [0.5, 0.6) is 0 Å². The van der Waals surface area contributed by atoms with Crippen molar-refractivity contribution in [3.05, 3.63) is 47.6 Å². The van der Waals surface area contributed by atoms with Crippen molar-refractivity contribution in [2.45, 2.75) is 32.4 Å². The molecule has 1 saturated heterocycles. The maximum atomic E-state index is 12.5. The van der Waals surface area contributed by atoms with E-state index in [1.807, 2.05) is 23.1 Å². The zero-order chi connectivity index (χ0) is 17.5. The highest BCUT2D eigenvalue weighted by molar-refractivity contribution is 5.85. The topological polar surface area (TPSA) is 88.5 Å². The molecule has 0 atom stereocenters. The van der Waals surface area contributed by atoms with E-state index >= 15 is 0 Å². The van der Waals surface area contributed by atoms with E-state index in [9.17, 15) is 4.79 Å². The normalized spacial score (nSPS) is 15.3. The summed E-state index contributed by atoms with van der Waals surface area (Å²) in [6.07, 6.45) is 2.32. The van der Waals surface area contributed by atoms with Gasteiger partial charge in [-0.05, 0) is 18.4 Å². The number of halogens is 1. The molecule has 1 aliphatic heterocycles. The summed E-state index contributed by atoms with van der Waals surface area (Å²) in [6.45, 7) is 4.20. The van der Waals surface area contributed by atoms with Crippen molar-refractivity contribution in [2.24, 2.45) is 5.73 Å². The summed E-state index contributed by atoms with van der Waals surface area (Å²) in [7, 11) is 0. The lowest BCUT2D eigenvalue weighted by Gasteiger charge is -2.21. The Morgan fingerprint density at radius 1 is 1.15 bits per heavy atom. The first kappa shape index (κ1) is 20.4. The van der Waals surface area contributed by atoms with Crippen LogP contribution in [0.2, 0.25) is 0 Å². The van der Waals surface area contributed by atoms with Crippen LogP contribution in [0.15, 0.2) is 34.9 Å².